The molecule has 0 fully saturated rings. The van der Waals surface area contributed by atoms with Crippen LogP contribution in [-0.2, 0) is 22.6 Å². The normalized spacial score (nSPS) is 11.6. The van der Waals surface area contributed by atoms with Crippen molar-refractivity contribution in [2.75, 3.05) is 18.6 Å². The molecule has 3 rings (SSSR count). The van der Waals surface area contributed by atoms with E-state index >= 15 is 0 Å². The summed E-state index contributed by atoms with van der Waals surface area (Å²) in [4.78, 5) is 38.3. The smallest absolute Gasteiger partial charge is 0.348 e. The van der Waals surface area contributed by atoms with E-state index in [0.717, 1.165) is 35.1 Å². The fourth-order valence-corrected chi connectivity index (χ4v) is 4.07. The van der Waals surface area contributed by atoms with Crippen LogP contribution in [0.2, 0.25) is 0 Å². The molecule has 0 saturated carbocycles. The zero-order valence-electron chi connectivity index (χ0n) is 19.9. The molecule has 9 nitrogen and oxygen atoms in total. The van der Waals surface area contributed by atoms with Crippen LogP contribution < -0.4 is 21.5 Å². The van der Waals surface area contributed by atoms with Gasteiger partial charge in [0.2, 0.25) is 0 Å². The molecule has 0 aliphatic heterocycles. The number of benzene rings is 2. The molecule has 13 heteroatoms. The molecule has 0 unspecified atom stereocenters. The first-order valence-corrected chi connectivity index (χ1v) is 12.6. The Morgan fingerprint density at radius 3 is 2.24 bits per heavy atom. The van der Waals surface area contributed by atoms with Crippen molar-refractivity contribution in [1.29, 1.82) is 0 Å². The van der Waals surface area contributed by atoms with Gasteiger partial charge < -0.3 is 16.0 Å². The lowest BCUT2D eigenvalue weighted by atomic mass is 10.1. The molecule has 2 aromatic carbocycles. The monoisotopic (exact) mass is 536 g/mol. The number of carbonyl (C=O) groups is 2. The van der Waals surface area contributed by atoms with Crippen molar-refractivity contribution in [2.24, 2.45) is 0 Å². The molecule has 3 N–H and O–H groups in total. The van der Waals surface area contributed by atoms with E-state index in [1.54, 1.807) is 0 Å². The van der Waals surface area contributed by atoms with Gasteiger partial charge in [-0.1, -0.05) is 18.2 Å². The number of rotatable bonds is 6. The molecule has 1 aromatic heterocycles. The second-order valence-electron chi connectivity index (χ2n) is 8.05. The number of sulfone groups is 1. The SMILES string of the molecule is CNC(=O)Nc1cc(C(=O)NCc2ccc(S(C)(=O)=O)cc2)c(=O)n(-c2cccc(C(F)(F)F)c2)c1C. The third kappa shape index (κ3) is 6.36. The lowest BCUT2D eigenvalue weighted by Gasteiger charge is -2.18. The lowest BCUT2D eigenvalue weighted by Crippen LogP contribution is -2.35. The van der Waals surface area contributed by atoms with Crippen LogP contribution in [0.5, 0.6) is 0 Å². The number of amides is 3. The molecular weight excluding hydrogens is 513 g/mol. The van der Waals surface area contributed by atoms with E-state index in [-0.39, 0.29) is 28.5 Å². The Labute approximate surface area is 210 Å². The number of nitrogens with zero attached hydrogens (tertiary/aromatic N) is 1. The average Bonchev–Trinajstić information content (AvgIpc) is 2.83. The Hall–Kier alpha value is -4.13. The van der Waals surface area contributed by atoms with Crippen LogP contribution in [0.1, 0.15) is 27.2 Å². The molecule has 0 aliphatic carbocycles. The summed E-state index contributed by atoms with van der Waals surface area (Å²) in [7, 11) is -2.06. The first-order valence-electron chi connectivity index (χ1n) is 10.7. The zero-order valence-corrected chi connectivity index (χ0v) is 20.8. The fourth-order valence-electron chi connectivity index (χ4n) is 3.44. The summed E-state index contributed by atoms with van der Waals surface area (Å²) < 4.78 is 64.0. The molecule has 3 amide bonds. The number of aromatic nitrogens is 1. The summed E-state index contributed by atoms with van der Waals surface area (Å²) in [5, 5.41) is 7.32. The third-order valence-corrected chi connectivity index (χ3v) is 6.53. The van der Waals surface area contributed by atoms with Crippen LogP contribution in [0.3, 0.4) is 0 Å². The van der Waals surface area contributed by atoms with Crippen molar-refractivity contribution in [3.63, 3.8) is 0 Å². The molecule has 37 heavy (non-hydrogen) atoms. The Morgan fingerprint density at radius 2 is 1.68 bits per heavy atom. The van der Waals surface area contributed by atoms with Gasteiger partial charge in [-0.2, -0.15) is 13.2 Å². The Balaban J connectivity index is 2.03. The van der Waals surface area contributed by atoms with Gasteiger partial charge in [0.15, 0.2) is 9.84 Å². The Bertz CT molecular complexity index is 1510. The largest absolute Gasteiger partial charge is 0.416 e. The number of halogens is 3. The molecule has 0 spiro atoms. The first-order chi connectivity index (χ1) is 17.2. The maximum Gasteiger partial charge on any atom is 0.416 e. The summed E-state index contributed by atoms with van der Waals surface area (Å²) in [6.45, 7) is 1.34. The molecule has 3 aromatic rings. The van der Waals surface area contributed by atoms with Gasteiger partial charge in [0.05, 0.1) is 16.1 Å². The van der Waals surface area contributed by atoms with Crippen LogP contribution in [0, 0.1) is 6.92 Å². The fraction of sp³-hybridized carbons (Fsp3) is 0.208. The number of carbonyl (C=O) groups excluding carboxylic acids is 2. The standard InChI is InChI=1S/C24H23F3N4O5S/c1-14-20(30-23(34)28-2)12-19(21(32)29-13-15-7-9-18(10-8-15)37(3,35)36)22(33)31(14)17-6-4-5-16(11-17)24(25,26)27/h4-12H,13H2,1-3H3,(H,29,32)(H2,28,30,34). The van der Waals surface area contributed by atoms with E-state index in [9.17, 15) is 36.0 Å². The first kappa shape index (κ1) is 27.5. The van der Waals surface area contributed by atoms with Gasteiger partial charge in [0.1, 0.15) is 5.56 Å². The van der Waals surface area contributed by atoms with E-state index < -0.39 is 44.6 Å². The van der Waals surface area contributed by atoms with Crippen molar-refractivity contribution in [1.82, 2.24) is 15.2 Å². The molecule has 196 valence electrons. The molecule has 0 aliphatic rings. The maximum atomic E-state index is 13.3. The number of pyridine rings is 1. The highest BCUT2D eigenvalue weighted by atomic mass is 32.2. The quantitative estimate of drug-likeness (QED) is 0.446. The van der Waals surface area contributed by atoms with E-state index in [0.29, 0.717) is 5.56 Å². The van der Waals surface area contributed by atoms with Crippen LogP contribution in [0.15, 0.2) is 64.3 Å². The topological polar surface area (TPSA) is 126 Å². The highest BCUT2D eigenvalue weighted by Gasteiger charge is 2.31. The van der Waals surface area contributed by atoms with Crippen molar-refractivity contribution >= 4 is 27.5 Å². The minimum Gasteiger partial charge on any atom is -0.348 e. The molecule has 0 saturated heterocycles. The van der Waals surface area contributed by atoms with Gasteiger partial charge in [-0.05, 0) is 48.9 Å². The van der Waals surface area contributed by atoms with Crippen LogP contribution in [0.4, 0.5) is 23.7 Å². The summed E-state index contributed by atoms with van der Waals surface area (Å²) in [5.41, 5.74) is -1.81. The summed E-state index contributed by atoms with van der Waals surface area (Å²) in [6.07, 6.45) is -3.61. The Morgan fingerprint density at radius 1 is 1.03 bits per heavy atom. The molecule has 1 heterocycles. The summed E-state index contributed by atoms with van der Waals surface area (Å²) in [5.74, 6) is -0.849. The second-order valence-corrected chi connectivity index (χ2v) is 10.1. The summed E-state index contributed by atoms with van der Waals surface area (Å²) >= 11 is 0. The Kier molecular flexibility index (Phi) is 7.77. The number of anilines is 1. The predicted octanol–water partition coefficient (Wildman–Crippen LogP) is 3.25. The van der Waals surface area contributed by atoms with E-state index in [4.69, 9.17) is 0 Å². The van der Waals surface area contributed by atoms with Crippen LogP contribution in [0.25, 0.3) is 5.69 Å². The van der Waals surface area contributed by atoms with Gasteiger partial charge in [-0.25, -0.2) is 13.2 Å². The number of alkyl halides is 3. The highest BCUT2D eigenvalue weighted by molar-refractivity contribution is 7.90. The molecular formula is C24H23F3N4O5S. The van der Waals surface area contributed by atoms with Crippen molar-refractivity contribution in [3.8, 4) is 5.69 Å². The van der Waals surface area contributed by atoms with Gasteiger partial charge in [-0.15, -0.1) is 0 Å². The summed E-state index contributed by atoms with van der Waals surface area (Å²) in [6, 6.07) is 10.2. The number of hydrogen-bond donors (Lipinski definition) is 3. The second kappa shape index (κ2) is 10.5. The average molecular weight is 537 g/mol. The molecule has 0 bridgehead atoms. The van der Waals surface area contributed by atoms with Crippen molar-refractivity contribution in [2.45, 2.75) is 24.5 Å². The number of urea groups is 1. The van der Waals surface area contributed by atoms with Gasteiger partial charge in [-0.3, -0.25) is 14.2 Å². The predicted molar refractivity (Wildman–Crippen MR) is 131 cm³/mol. The zero-order chi connectivity index (χ0) is 27.5. The maximum absolute atomic E-state index is 13.3. The van der Waals surface area contributed by atoms with Gasteiger partial charge >= 0.3 is 12.2 Å². The van der Waals surface area contributed by atoms with E-state index in [1.165, 1.54) is 44.3 Å². The lowest BCUT2D eigenvalue weighted by molar-refractivity contribution is -0.137. The minimum atomic E-state index is -4.67. The van der Waals surface area contributed by atoms with E-state index in [2.05, 4.69) is 16.0 Å². The third-order valence-electron chi connectivity index (χ3n) is 5.40. The molecule has 0 atom stereocenters. The number of nitrogens with one attached hydrogen (secondary N) is 3. The minimum absolute atomic E-state index is 0.0269. The van der Waals surface area contributed by atoms with Crippen molar-refractivity contribution in [3.05, 3.63) is 87.3 Å². The van der Waals surface area contributed by atoms with Crippen molar-refractivity contribution < 1.29 is 31.2 Å². The van der Waals surface area contributed by atoms with E-state index in [1.807, 2.05) is 0 Å². The van der Waals surface area contributed by atoms with Crippen LogP contribution >= 0.6 is 0 Å². The van der Waals surface area contributed by atoms with Gasteiger partial charge in [0, 0.05) is 31.2 Å². The molecule has 0 radical (unpaired) electrons. The van der Waals surface area contributed by atoms with Gasteiger partial charge in [0.25, 0.3) is 11.5 Å². The number of hydrogen-bond acceptors (Lipinski definition) is 5. The van der Waals surface area contributed by atoms with Crippen LogP contribution in [-0.4, -0.2) is 38.2 Å². The highest BCUT2D eigenvalue weighted by Crippen LogP contribution is 2.30.